The van der Waals surface area contributed by atoms with Gasteiger partial charge in [0.1, 0.15) is 0 Å². The summed E-state index contributed by atoms with van der Waals surface area (Å²) in [5, 5.41) is 11.1. The molecule has 1 aliphatic rings. The van der Waals surface area contributed by atoms with Crippen LogP contribution in [0.5, 0.6) is 0 Å². The Balaban J connectivity index is 2.13. The average molecular weight is 304 g/mol. The SMILES string of the molecule is COCC1CCN(CCNC(=O)CSCC(=O)O)C1=O. The fourth-order valence-electron chi connectivity index (χ4n) is 1.99. The van der Waals surface area contributed by atoms with Crippen molar-refractivity contribution in [1.82, 2.24) is 10.2 Å². The summed E-state index contributed by atoms with van der Waals surface area (Å²) >= 11 is 1.05. The number of carbonyl (C=O) groups is 3. The lowest BCUT2D eigenvalue weighted by molar-refractivity contribution is -0.134. The molecule has 1 aliphatic heterocycles. The van der Waals surface area contributed by atoms with Crippen LogP contribution in [-0.2, 0) is 19.1 Å². The van der Waals surface area contributed by atoms with Crippen LogP contribution in [0.25, 0.3) is 0 Å². The van der Waals surface area contributed by atoms with Crippen LogP contribution in [0, 0.1) is 5.92 Å². The molecule has 1 saturated heterocycles. The van der Waals surface area contributed by atoms with Gasteiger partial charge in [-0.05, 0) is 6.42 Å². The molecule has 1 unspecified atom stereocenters. The van der Waals surface area contributed by atoms with Crippen LogP contribution < -0.4 is 5.32 Å². The van der Waals surface area contributed by atoms with Gasteiger partial charge < -0.3 is 20.1 Å². The van der Waals surface area contributed by atoms with Gasteiger partial charge in [-0.2, -0.15) is 0 Å². The third-order valence-electron chi connectivity index (χ3n) is 2.94. The predicted molar refractivity (Wildman–Crippen MR) is 74.5 cm³/mol. The zero-order valence-electron chi connectivity index (χ0n) is 11.5. The number of nitrogens with one attached hydrogen (secondary N) is 1. The lowest BCUT2D eigenvalue weighted by atomic mass is 10.1. The molecule has 0 aromatic heterocycles. The second-order valence-corrected chi connectivity index (χ2v) is 5.49. The molecule has 1 atom stereocenters. The number of likely N-dealkylation sites (tertiary alicyclic amines) is 1. The molecule has 0 bridgehead atoms. The Morgan fingerprint density at radius 1 is 1.50 bits per heavy atom. The number of rotatable bonds is 9. The number of amides is 2. The molecule has 2 amide bonds. The number of methoxy groups -OCH3 is 1. The first-order chi connectivity index (χ1) is 9.54. The van der Waals surface area contributed by atoms with E-state index in [1.165, 1.54) is 0 Å². The third-order valence-corrected chi connectivity index (χ3v) is 3.86. The smallest absolute Gasteiger partial charge is 0.313 e. The highest BCUT2D eigenvalue weighted by Gasteiger charge is 2.30. The number of hydrogen-bond donors (Lipinski definition) is 2. The van der Waals surface area contributed by atoms with E-state index in [1.807, 2.05) is 0 Å². The molecule has 8 heteroatoms. The maximum absolute atomic E-state index is 11.9. The van der Waals surface area contributed by atoms with Crippen molar-refractivity contribution in [2.45, 2.75) is 6.42 Å². The molecule has 1 rings (SSSR count). The number of nitrogens with zero attached hydrogens (tertiary/aromatic N) is 1. The number of hydrogen-bond acceptors (Lipinski definition) is 5. The topological polar surface area (TPSA) is 95.9 Å². The lowest BCUT2D eigenvalue weighted by Crippen LogP contribution is -2.37. The minimum Gasteiger partial charge on any atom is -0.481 e. The van der Waals surface area contributed by atoms with Crippen LogP contribution in [-0.4, -0.2) is 72.6 Å². The first-order valence-corrected chi connectivity index (χ1v) is 7.54. The summed E-state index contributed by atoms with van der Waals surface area (Å²) in [5.74, 6) is -1.11. The average Bonchev–Trinajstić information content (AvgIpc) is 2.72. The van der Waals surface area contributed by atoms with Gasteiger partial charge in [0, 0.05) is 26.7 Å². The van der Waals surface area contributed by atoms with Crippen LogP contribution >= 0.6 is 11.8 Å². The van der Waals surface area contributed by atoms with Crippen LogP contribution in [0.4, 0.5) is 0 Å². The summed E-state index contributed by atoms with van der Waals surface area (Å²) in [6, 6.07) is 0. The summed E-state index contributed by atoms with van der Waals surface area (Å²) in [7, 11) is 1.57. The maximum atomic E-state index is 11.9. The summed E-state index contributed by atoms with van der Waals surface area (Å²) in [6.45, 7) is 2.00. The van der Waals surface area contributed by atoms with Crippen molar-refractivity contribution in [2.75, 3.05) is 44.9 Å². The normalized spacial score (nSPS) is 18.4. The summed E-state index contributed by atoms with van der Waals surface area (Å²) in [5.41, 5.74) is 0. The molecular weight excluding hydrogens is 284 g/mol. The number of aliphatic carboxylic acids is 1. The first-order valence-electron chi connectivity index (χ1n) is 6.38. The largest absolute Gasteiger partial charge is 0.481 e. The van der Waals surface area contributed by atoms with Gasteiger partial charge in [-0.25, -0.2) is 0 Å². The molecule has 2 N–H and O–H groups in total. The molecule has 114 valence electrons. The van der Waals surface area contributed by atoms with Gasteiger partial charge in [0.15, 0.2) is 0 Å². The highest BCUT2D eigenvalue weighted by Crippen LogP contribution is 2.17. The Labute approximate surface area is 122 Å². The van der Waals surface area contributed by atoms with Crippen molar-refractivity contribution in [1.29, 1.82) is 0 Å². The van der Waals surface area contributed by atoms with Crippen molar-refractivity contribution in [2.24, 2.45) is 5.92 Å². The van der Waals surface area contributed by atoms with Gasteiger partial charge in [-0.3, -0.25) is 14.4 Å². The number of thioether (sulfide) groups is 1. The predicted octanol–water partition coefficient (Wildman–Crippen LogP) is -0.585. The number of carboxylic acid groups (broad SMARTS) is 1. The molecular formula is C12H20N2O5S. The molecule has 20 heavy (non-hydrogen) atoms. The van der Waals surface area contributed by atoms with Crippen molar-refractivity contribution in [3.05, 3.63) is 0 Å². The summed E-state index contributed by atoms with van der Waals surface area (Å²) in [6.07, 6.45) is 0.787. The second-order valence-electron chi connectivity index (χ2n) is 4.50. The molecule has 7 nitrogen and oxygen atoms in total. The standard InChI is InChI=1S/C12H20N2O5S/c1-19-6-9-2-4-14(12(9)18)5-3-13-10(15)7-20-8-11(16)17/h9H,2-8H2,1H3,(H,13,15)(H,16,17). The highest BCUT2D eigenvalue weighted by atomic mass is 32.2. The maximum Gasteiger partial charge on any atom is 0.313 e. The Morgan fingerprint density at radius 2 is 2.25 bits per heavy atom. The van der Waals surface area contributed by atoms with Gasteiger partial charge in [0.05, 0.1) is 24.0 Å². The quantitative estimate of drug-likeness (QED) is 0.591. The van der Waals surface area contributed by atoms with Crippen molar-refractivity contribution in [3.8, 4) is 0 Å². The molecule has 1 fully saturated rings. The first kappa shape index (κ1) is 16.8. The van der Waals surface area contributed by atoms with Gasteiger partial charge in [-0.15, -0.1) is 11.8 Å². The summed E-state index contributed by atoms with van der Waals surface area (Å²) in [4.78, 5) is 35.3. The van der Waals surface area contributed by atoms with Crippen LogP contribution in [0.3, 0.4) is 0 Å². The minimum absolute atomic E-state index is 0.0678. The van der Waals surface area contributed by atoms with E-state index >= 15 is 0 Å². The number of ether oxygens (including phenoxy) is 1. The number of carboxylic acids is 1. The van der Waals surface area contributed by atoms with E-state index in [-0.39, 0.29) is 29.2 Å². The monoisotopic (exact) mass is 304 g/mol. The molecule has 0 aromatic carbocycles. The van der Waals surface area contributed by atoms with E-state index in [0.717, 1.165) is 18.2 Å². The van der Waals surface area contributed by atoms with Crippen LogP contribution in [0.15, 0.2) is 0 Å². The third kappa shape index (κ3) is 5.79. The van der Waals surface area contributed by atoms with Gasteiger partial charge >= 0.3 is 5.97 Å². The van der Waals surface area contributed by atoms with E-state index in [1.54, 1.807) is 12.0 Å². The van der Waals surface area contributed by atoms with E-state index < -0.39 is 5.97 Å². The Morgan fingerprint density at radius 3 is 2.90 bits per heavy atom. The van der Waals surface area contributed by atoms with Gasteiger partial charge in [0.25, 0.3) is 0 Å². The van der Waals surface area contributed by atoms with Crippen molar-refractivity contribution >= 4 is 29.5 Å². The molecule has 0 saturated carbocycles. The fraction of sp³-hybridized carbons (Fsp3) is 0.750. The van der Waals surface area contributed by atoms with Gasteiger partial charge in [0.2, 0.25) is 11.8 Å². The molecule has 0 radical (unpaired) electrons. The molecule has 1 heterocycles. The lowest BCUT2D eigenvalue weighted by Gasteiger charge is -2.16. The molecule has 0 aliphatic carbocycles. The van der Waals surface area contributed by atoms with E-state index in [0.29, 0.717) is 26.2 Å². The van der Waals surface area contributed by atoms with Crippen LogP contribution in [0.2, 0.25) is 0 Å². The van der Waals surface area contributed by atoms with Crippen molar-refractivity contribution < 1.29 is 24.2 Å². The van der Waals surface area contributed by atoms with E-state index in [9.17, 15) is 14.4 Å². The fourth-order valence-corrected chi connectivity index (χ4v) is 2.56. The summed E-state index contributed by atoms with van der Waals surface area (Å²) < 4.78 is 4.98. The Bertz CT molecular complexity index is 364. The van der Waals surface area contributed by atoms with Crippen LogP contribution in [0.1, 0.15) is 6.42 Å². The molecule has 0 aromatic rings. The van der Waals surface area contributed by atoms with E-state index in [2.05, 4.69) is 5.32 Å². The van der Waals surface area contributed by atoms with E-state index in [4.69, 9.17) is 9.84 Å². The Kier molecular flexibility index (Phi) is 7.38. The molecule has 0 spiro atoms. The zero-order chi connectivity index (χ0) is 15.0. The van der Waals surface area contributed by atoms with Crippen molar-refractivity contribution in [3.63, 3.8) is 0 Å². The Hall–Kier alpha value is -1.28. The minimum atomic E-state index is -0.936. The number of carbonyl (C=O) groups excluding carboxylic acids is 2. The highest BCUT2D eigenvalue weighted by molar-refractivity contribution is 8.00. The van der Waals surface area contributed by atoms with Gasteiger partial charge in [-0.1, -0.05) is 0 Å². The zero-order valence-corrected chi connectivity index (χ0v) is 12.3. The second kappa shape index (κ2) is 8.80.